The van der Waals surface area contributed by atoms with Gasteiger partial charge in [-0.2, -0.15) is 4.99 Å². The lowest BCUT2D eigenvalue weighted by atomic mass is 10.1. The summed E-state index contributed by atoms with van der Waals surface area (Å²) < 4.78 is 0. The number of phenols is 1. The van der Waals surface area contributed by atoms with Crippen LogP contribution in [-0.4, -0.2) is 21.0 Å². The third kappa shape index (κ3) is 2.93. The van der Waals surface area contributed by atoms with Crippen LogP contribution in [0.1, 0.15) is 0 Å². The molecule has 0 atom stereocenters. The van der Waals surface area contributed by atoms with E-state index >= 15 is 0 Å². The molecule has 0 bridgehead atoms. The van der Waals surface area contributed by atoms with Gasteiger partial charge in [-0.3, -0.25) is 10.1 Å². The van der Waals surface area contributed by atoms with Crippen LogP contribution in [0, 0.1) is 10.1 Å². The molecule has 0 aliphatic heterocycles. The minimum atomic E-state index is -0.574. The number of aliphatic imine (C=N–C) groups is 1. The molecule has 24 heavy (non-hydrogen) atoms. The summed E-state index contributed by atoms with van der Waals surface area (Å²) in [5.74, 6) is 0.00949. The van der Waals surface area contributed by atoms with Crippen molar-refractivity contribution in [1.82, 2.24) is 4.98 Å². The lowest BCUT2D eigenvalue weighted by molar-refractivity contribution is -0.384. The number of nitrogens with zero attached hydrogens (tertiary/aromatic N) is 3. The summed E-state index contributed by atoms with van der Waals surface area (Å²) in [6.07, 6.45) is 1.40. The van der Waals surface area contributed by atoms with Crippen molar-refractivity contribution in [2.75, 3.05) is 5.32 Å². The number of pyridine rings is 1. The van der Waals surface area contributed by atoms with Gasteiger partial charge in [-0.15, -0.1) is 0 Å². The summed E-state index contributed by atoms with van der Waals surface area (Å²) in [6, 6.07) is 13.1. The smallest absolute Gasteiger partial charge is 0.313 e. The minimum Gasteiger partial charge on any atom is -0.507 e. The Hall–Kier alpha value is -3.68. The van der Waals surface area contributed by atoms with Gasteiger partial charge in [0.2, 0.25) is 5.82 Å². The second kappa shape index (κ2) is 6.21. The zero-order chi connectivity index (χ0) is 17.1. The lowest BCUT2D eigenvalue weighted by Gasteiger charge is -2.09. The molecule has 0 aliphatic carbocycles. The summed E-state index contributed by atoms with van der Waals surface area (Å²) in [5, 5.41) is 25.1. The number of phenolic OH excluding ortho intramolecular Hbond substituents is 1. The van der Waals surface area contributed by atoms with E-state index in [0.717, 1.165) is 5.39 Å². The summed E-state index contributed by atoms with van der Waals surface area (Å²) in [7, 11) is 0. The molecule has 4 N–H and O–H groups in total. The normalized spacial score (nSPS) is 11.4. The molecular formula is C16H13N5O3. The molecule has 8 nitrogen and oxygen atoms in total. The zero-order valence-corrected chi connectivity index (χ0v) is 12.4. The van der Waals surface area contributed by atoms with Crippen molar-refractivity contribution in [2.24, 2.45) is 10.7 Å². The van der Waals surface area contributed by atoms with E-state index < -0.39 is 4.92 Å². The van der Waals surface area contributed by atoms with E-state index in [2.05, 4.69) is 15.3 Å². The number of aromatic nitrogens is 1. The number of aromatic hydroxyl groups is 1. The first-order valence-electron chi connectivity index (χ1n) is 6.97. The Morgan fingerprint density at radius 2 is 1.92 bits per heavy atom. The van der Waals surface area contributed by atoms with E-state index in [1.807, 2.05) is 6.07 Å². The van der Waals surface area contributed by atoms with Gasteiger partial charge in [0, 0.05) is 28.7 Å². The first-order valence-corrected chi connectivity index (χ1v) is 6.97. The highest BCUT2D eigenvalue weighted by Gasteiger charge is 2.14. The molecule has 0 fully saturated rings. The molecule has 1 aromatic heterocycles. The summed E-state index contributed by atoms with van der Waals surface area (Å²) in [6.45, 7) is 0. The van der Waals surface area contributed by atoms with Gasteiger partial charge in [-0.05, 0) is 18.2 Å². The molecule has 1 heterocycles. The Labute approximate surface area is 136 Å². The highest BCUT2D eigenvalue weighted by molar-refractivity contribution is 6.05. The highest BCUT2D eigenvalue weighted by atomic mass is 16.6. The van der Waals surface area contributed by atoms with Gasteiger partial charge in [0.25, 0.3) is 0 Å². The summed E-state index contributed by atoms with van der Waals surface area (Å²) in [4.78, 5) is 18.2. The minimum absolute atomic E-state index is 0.0485. The molecule has 2 aromatic carbocycles. The van der Waals surface area contributed by atoms with Gasteiger partial charge in [0.05, 0.1) is 4.92 Å². The van der Waals surface area contributed by atoms with Crippen LogP contribution in [0.15, 0.2) is 59.7 Å². The number of guanidine groups is 1. The van der Waals surface area contributed by atoms with E-state index in [9.17, 15) is 15.2 Å². The third-order valence-corrected chi connectivity index (χ3v) is 3.35. The molecular weight excluding hydrogens is 310 g/mol. The number of hydrogen-bond acceptors (Lipinski definition) is 5. The first-order chi connectivity index (χ1) is 11.6. The first kappa shape index (κ1) is 15.2. The van der Waals surface area contributed by atoms with Gasteiger partial charge in [-0.1, -0.05) is 24.3 Å². The zero-order valence-electron chi connectivity index (χ0n) is 12.4. The number of benzene rings is 2. The fourth-order valence-electron chi connectivity index (χ4n) is 2.30. The average molecular weight is 323 g/mol. The number of hydrogen-bond donors (Lipinski definition) is 3. The van der Waals surface area contributed by atoms with Crippen LogP contribution >= 0.6 is 0 Å². The van der Waals surface area contributed by atoms with Crippen molar-refractivity contribution in [3.8, 4) is 5.75 Å². The Balaban J connectivity index is 1.98. The maximum Gasteiger partial charge on any atom is 0.313 e. The maximum atomic E-state index is 11.0. The van der Waals surface area contributed by atoms with E-state index in [-0.39, 0.29) is 23.2 Å². The fourth-order valence-corrected chi connectivity index (χ4v) is 2.30. The Bertz CT molecular complexity index is 955. The number of nitrogens with two attached hydrogens (primary N) is 1. The van der Waals surface area contributed by atoms with Crippen molar-refractivity contribution in [1.29, 1.82) is 0 Å². The van der Waals surface area contributed by atoms with Gasteiger partial charge >= 0.3 is 5.69 Å². The monoisotopic (exact) mass is 323 g/mol. The quantitative estimate of drug-likeness (QED) is 0.294. The van der Waals surface area contributed by atoms with E-state index in [1.54, 1.807) is 30.3 Å². The molecule has 0 radical (unpaired) electrons. The molecule has 0 unspecified atom stereocenters. The maximum absolute atomic E-state index is 11.0. The predicted octanol–water partition coefficient (Wildman–Crippen LogP) is 2.91. The summed E-state index contributed by atoms with van der Waals surface area (Å²) >= 11 is 0. The average Bonchev–Trinajstić information content (AvgIpc) is 2.56. The molecule has 120 valence electrons. The third-order valence-electron chi connectivity index (χ3n) is 3.35. The van der Waals surface area contributed by atoms with Crippen LogP contribution in [0.5, 0.6) is 5.75 Å². The molecule has 0 aliphatic rings. The number of fused-ring (bicyclic) bond motifs is 1. The molecule has 0 saturated heterocycles. The second-order valence-corrected chi connectivity index (χ2v) is 4.90. The van der Waals surface area contributed by atoms with Crippen LogP contribution < -0.4 is 11.1 Å². The second-order valence-electron chi connectivity index (χ2n) is 4.90. The standard InChI is InChI=1S/C16H13N5O3/c17-16(20-15-13(21(23)24)7-3-9-18-15)19-12-6-1-5-11-10(12)4-2-8-14(11)22/h1-9,22H,(H3,17,18,19,20). The molecule has 8 heteroatoms. The Kier molecular flexibility index (Phi) is 3.94. The van der Waals surface area contributed by atoms with Gasteiger partial charge < -0.3 is 16.2 Å². The molecule has 3 rings (SSSR count). The van der Waals surface area contributed by atoms with E-state index in [1.165, 1.54) is 18.3 Å². The van der Waals surface area contributed by atoms with Crippen molar-refractivity contribution < 1.29 is 10.0 Å². The molecule has 0 spiro atoms. The van der Waals surface area contributed by atoms with Gasteiger partial charge in [-0.25, -0.2) is 4.98 Å². The van der Waals surface area contributed by atoms with Crippen LogP contribution in [-0.2, 0) is 0 Å². The topological polar surface area (TPSA) is 127 Å². The van der Waals surface area contributed by atoms with E-state index in [4.69, 9.17) is 5.73 Å². The Morgan fingerprint density at radius 1 is 1.17 bits per heavy atom. The fraction of sp³-hybridized carbons (Fsp3) is 0. The molecule has 0 saturated carbocycles. The van der Waals surface area contributed by atoms with Crippen molar-refractivity contribution in [3.05, 3.63) is 64.8 Å². The Morgan fingerprint density at radius 3 is 2.71 bits per heavy atom. The van der Waals surface area contributed by atoms with E-state index in [0.29, 0.717) is 11.1 Å². The van der Waals surface area contributed by atoms with Crippen molar-refractivity contribution >= 4 is 33.9 Å². The van der Waals surface area contributed by atoms with Gasteiger partial charge in [0.15, 0.2) is 5.96 Å². The van der Waals surface area contributed by atoms with Crippen molar-refractivity contribution in [2.45, 2.75) is 0 Å². The SMILES string of the molecule is N/C(=N\c1ncccc1[N+](=O)[O-])Nc1cccc2c(O)cccc12. The van der Waals surface area contributed by atoms with Crippen LogP contribution in [0.2, 0.25) is 0 Å². The number of anilines is 1. The number of rotatable bonds is 3. The van der Waals surface area contributed by atoms with Gasteiger partial charge in [0.1, 0.15) is 5.75 Å². The largest absolute Gasteiger partial charge is 0.507 e. The molecule has 0 amide bonds. The highest BCUT2D eigenvalue weighted by Crippen LogP contribution is 2.30. The summed E-state index contributed by atoms with van der Waals surface area (Å²) in [5.41, 5.74) is 6.23. The lowest BCUT2D eigenvalue weighted by Crippen LogP contribution is -2.22. The van der Waals surface area contributed by atoms with Crippen molar-refractivity contribution in [3.63, 3.8) is 0 Å². The number of nitro groups is 1. The van der Waals surface area contributed by atoms with Crippen LogP contribution in [0.4, 0.5) is 17.2 Å². The predicted molar refractivity (Wildman–Crippen MR) is 91.4 cm³/mol. The molecule has 3 aromatic rings. The van der Waals surface area contributed by atoms with Crippen LogP contribution in [0.3, 0.4) is 0 Å². The van der Waals surface area contributed by atoms with Crippen LogP contribution in [0.25, 0.3) is 10.8 Å². The number of nitrogens with one attached hydrogen (secondary N) is 1.